The van der Waals surface area contributed by atoms with Gasteiger partial charge in [0.2, 0.25) is 0 Å². The minimum Gasteiger partial charge on any atom is -0.299 e. The molecule has 0 bridgehead atoms. The average molecular weight is 258 g/mol. The molecule has 1 aliphatic carbocycles. The maximum Gasteiger partial charge on any atom is 0.173 e. The smallest absolute Gasteiger partial charge is 0.173 e. The van der Waals surface area contributed by atoms with Crippen LogP contribution in [0.1, 0.15) is 44.0 Å². The van der Waals surface area contributed by atoms with E-state index in [1.165, 1.54) is 0 Å². The molecule has 1 aromatic rings. The average Bonchev–Trinajstić information content (AvgIpc) is 2.39. The second-order valence-electron chi connectivity index (χ2n) is 6.02. The van der Waals surface area contributed by atoms with E-state index in [1.54, 1.807) is 12.1 Å². The Morgan fingerprint density at radius 1 is 1.16 bits per heavy atom. The Bertz CT molecular complexity index is 461. The minimum atomic E-state index is -0.441. The van der Waals surface area contributed by atoms with Crippen molar-refractivity contribution in [2.24, 2.45) is 23.7 Å². The largest absolute Gasteiger partial charge is 0.299 e. The molecular weight excluding hydrogens is 236 g/mol. The molecule has 0 heterocycles. The van der Waals surface area contributed by atoms with Gasteiger partial charge in [-0.2, -0.15) is 0 Å². The third-order valence-corrected chi connectivity index (χ3v) is 4.32. The Balaban J connectivity index is 2.26. The summed E-state index contributed by atoms with van der Waals surface area (Å²) in [7, 11) is 0. The van der Waals surface area contributed by atoms with E-state index >= 15 is 0 Å². The predicted molar refractivity (Wildman–Crippen MR) is 76.0 cm³/mol. The van der Waals surface area contributed by atoms with E-state index in [0.717, 1.165) is 12.8 Å². The first-order valence-corrected chi connectivity index (χ1v) is 7.15. The first-order chi connectivity index (χ1) is 9.02. The van der Waals surface area contributed by atoms with Gasteiger partial charge in [0, 0.05) is 11.5 Å². The molecule has 1 aromatic carbocycles. The van der Waals surface area contributed by atoms with Crippen LogP contribution >= 0.6 is 0 Å². The third-order valence-electron chi connectivity index (χ3n) is 4.32. The van der Waals surface area contributed by atoms with E-state index in [4.69, 9.17) is 0 Å². The maximum atomic E-state index is 12.6. The molecule has 1 aliphatic rings. The Kier molecular flexibility index (Phi) is 4.18. The van der Waals surface area contributed by atoms with E-state index in [2.05, 4.69) is 13.8 Å². The zero-order chi connectivity index (χ0) is 14.0. The molecule has 0 amide bonds. The molecule has 19 heavy (non-hydrogen) atoms. The van der Waals surface area contributed by atoms with Gasteiger partial charge in [0.05, 0.1) is 5.92 Å². The second kappa shape index (κ2) is 5.68. The highest BCUT2D eigenvalue weighted by Gasteiger charge is 2.41. The fraction of sp³-hybridized carbons (Fsp3) is 0.529. The van der Waals surface area contributed by atoms with Crippen molar-refractivity contribution in [3.63, 3.8) is 0 Å². The Morgan fingerprint density at radius 3 is 2.37 bits per heavy atom. The van der Waals surface area contributed by atoms with E-state index in [0.29, 0.717) is 11.5 Å². The zero-order valence-corrected chi connectivity index (χ0v) is 11.9. The molecule has 0 aliphatic heterocycles. The highest BCUT2D eigenvalue weighted by atomic mass is 16.2. The Labute approximate surface area is 115 Å². The summed E-state index contributed by atoms with van der Waals surface area (Å²) in [6, 6.07) is 9.21. The number of benzene rings is 1. The van der Waals surface area contributed by atoms with Gasteiger partial charge in [0.15, 0.2) is 5.78 Å². The molecule has 102 valence electrons. The fourth-order valence-electron chi connectivity index (χ4n) is 3.09. The molecule has 2 rings (SSSR count). The van der Waals surface area contributed by atoms with Crippen molar-refractivity contribution < 1.29 is 9.59 Å². The van der Waals surface area contributed by atoms with Gasteiger partial charge in [-0.25, -0.2) is 0 Å². The first-order valence-electron chi connectivity index (χ1n) is 7.15. The van der Waals surface area contributed by atoms with Gasteiger partial charge < -0.3 is 0 Å². The summed E-state index contributed by atoms with van der Waals surface area (Å²) in [5.74, 6) is 0.254. The zero-order valence-electron chi connectivity index (χ0n) is 11.9. The highest BCUT2D eigenvalue weighted by molar-refractivity contribution is 6.11. The maximum absolute atomic E-state index is 12.6. The number of hydrogen-bond acceptors (Lipinski definition) is 2. The molecule has 0 spiro atoms. The van der Waals surface area contributed by atoms with Crippen LogP contribution < -0.4 is 0 Å². The lowest BCUT2D eigenvalue weighted by atomic mass is 9.68. The van der Waals surface area contributed by atoms with Gasteiger partial charge in [-0.1, -0.05) is 51.1 Å². The summed E-state index contributed by atoms with van der Waals surface area (Å²) in [6.07, 6.45) is 1.90. The van der Waals surface area contributed by atoms with E-state index in [9.17, 15) is 9.59 Å². The summed E-state index contributed by atoms with van der Waals surface area (Å²) in [4.78, 5) is 25.1. The van der Waals surface area contributed by atoms with E-state index < -0.39 is 5.92 Å². The molecular formula is C17H22O2. The van der Waals surface area contributed by atoms with Crippen LogP contribution in [0.5, 0.6) is 0 Å². The number of rotatable bonds is 3. The van der Waals surface area contributed by atoms with E-state index in [-0.39, 0.29) is 23.4 Å². The molecule has 0 N–H and O–H groups in total. The van der Waals surface area contributed by atoms with Crippen LogP contribution in [-0.4, -0.2) is 11.6 Å². The molecule has 0 radical (unpaired) electrons. The minimum absolute atomic E-state index is 0.00319. The monoisotopic (exact) mass is 258 g/mol. The lowest BCUT2D eigenvalue weighted by molar-refractivity contribution is -0.130. The van der Waals surface area contributed by atoms with Crippen molar-refractivity contribution in [3.05, 3.63) is 35.9 Å². The van der Waals surface area contributed by atoms with Gasteiger partial charge in [0.1, 0.15) is 5.78 Å². The topological polar surface area (TPSA) is 34.1 Å². The van der Waals surface area contributed by atoms with Crippen molar-refractivity contribution >= 4 is 11.6 Å². The second-order valence-corrected chi connectivity index (χ2v) is 6.02. The molecule has 1 fully saturated rings. The predicted octanol–water partition coefficient (Wildman–Crippen LogP) is 3.76. The molecule has 0 unspecified atom stereocenters. The van der Waals surface area contributed by atoms with Crippen LogP contribution in [0, 0.1) is 23.7 Å². The van der Waals surface area contributed by atoms with Gasteiger partial charge in [-0.15, -0.1) is 0 Å². The van der Waals surface area contributed by atoms with Crippen molar-refractivity contribution in [2.75, 3.05) is 0 Å². The Morgan fingerprint density at radius 2 is 1.79 bits per heavy atom. The van der Waals surface area contributed by atoms with Crippen molar-refractivity contribution in [1.29, 1.82) is 0 Å². The highest BCUT2D eigenvalue weighted by Crippen LogP contribution is 2.36. The van der Waals surface area contributed by atoms with Crippen molar-refractivity contribution in [2.45, 2.75) is 33.6 Å². The molecule has 0 saturated heterocycles. The van der Waals surface area contributed by atoms with Crippen molar-refractivity contribution in [1.82, 2.24) is 0 Å². The van der Waals surface area contributed by atoms with Gasteiger partial charge in [0.25, 0.3) is 0 Å². The Hall–Kier alpha value is -1.44. The van der Waals surface area contributed by atoms with Crippen LogP contribution in [0.25, 0.3) is 0 Å². The normalized spacial score (nSPS) is 27.6. The molecule has 0 aromatic heterocycles. The number of carbonyl (C=O) groups excluding carboxylic acids is 2. The van der Waals surface area contributed by atoms with Crippen LogP contribution in [0.15, 0.2) is 30.3 Å². The lowest BCUT2D eigenvalue weighted by Gasteiger charge is -2.34. The summed E-state index contributed by atoms with van der Waals surface area (Å²) < 4.78 is 0. The number of hydrogen-bond donors (Lipinski definition) is 0. The van der Waals surface area contributed by atoms with E-state index in [1.807, 2.05) is 25.1 Å². The van der Waals surface area contributed by atoms with Crippen LogP contribution in [0.3, 0.4) is 0 Å². The fourth-order valence-corrected chi connectivity index (χ4v) is 3.09. The van der Waals surface area contributed by atoms with Crippen LogP contribution in [0.2, 0.25) is 0 Å². The molecule has 3 atom stereocenters. The lowest BCUT2D eigenvalue weighted by Crippen LogP contribution is -2.40. The first kappa shape index (κ1) is 14.0. The molecule has 2 nitrogen and oxygen atoms in total. The number of Topliss-reactive ketones (excluding diaryl/α,β-unsaturated/α-hetero) is 2. The van der Waals surface area contributed by atoms with Gasteiger partial charge in [-0.3, -0.25) is 9.59 Å². The van der Waals surface area contributed by atoms with Gasteiger partial charge >= 0.3 is 0 Å². The number of ketones is 2. The third kappa shape index (κ3) is 2.78. The van der Waals surface area contributed by atoms with Crippen molar-refractivity contribution in [3.8, 4) is 0 Å². The standard InChI is InChI=1S/C17H22O2/c1-11(2)14-10-9-12(3)15(17(14)19)16(18)13-7-5-4-6-8-13/h4-8,11-12,14-15H,9-10H2,1-3H3/t12-,14-,15+/m0/s1. The SMILES string of the molecule is CC(C)[C@@H]1CC[C@H](C)[C@H](C(=O)c2ccccc2)C1=O. The summed E-state index contributed by atoms with van der Waals surface area (Å²) in [6.45, 7) is 6.17. The summed E-state index contributed by atoms with van der Waals surface area (Å²) in [5.41, 5.74) is 0.664. The van der Waals surface area contributed by atoms with Gasteiger partial charge in [-0.05, 0) is 24.7 Å². The van der Waals surface area contributed by atoms with Crippen LogP contribution in [0.4, 0.5) is 0 Å². The molecule has 2 heteroatoms. The number of carbonyl (C=O) groups is 2. The molecule has 1 saturated carbocycles. The summed E-state index contributed by atoms with van der Waals surface area (Å²) >= 11 is 0. The quantitative estimate of drug-likeness (QED) is 0.611. The summed E-state index contributed by atoms with van der Waals surface area (Å²) in [5, 5.41) is 0. The van der Waals surface area contributed by atoms with Crippen LogP contribution in [-0.2, 0) is 4.79 Å².